The third kappa shape index (κ3) is 4.68. The van der Waals surface area contributed by atoms with Gasteiger partial charge in [0.25, 0.3) is 0 Å². The lowest BCUT2D eigenvalue weighted by Gasteiger charge is -2.32. The molecule has 1 aromatic carbocycles. The molecule has 2 rings (SSSR count). The summed E-state index contributed by atoms with van der Waals surface area (Å²) in [6.45, 7) is 7.20. The lowest BCUT2D eigenvalue weighted by molar-refractivity contribution is 0.173. The van der Waals surface area contributed by atoms with Crippen LogP contribution in [0.15, 0.2) is 18.2 Å². The molecule has 0 unspecified atom stereocenters. The molecule has 1 aliphatic rings. The van der Waals surface area contributed by atoms with E-state index in [2.05, 4.69) is 17.1 Å². The van der Waals surface area contributed by atoms with Gasteiger partial charge in [0.05, 0.1) is 7.11 Å². The van der Waals surface area contributed by atoms with Crippen molar-refractivity contribution >= 4 is 0 Å². The average Bonchev–Trinajstić information content (AvgIpc) is 2.51. The lowest BCUT2D eigenvalue weighted by atomic mass is 9.96. The molecule has 0 bridgehead atoms. The van der Waals surface area contributed by atoms with Crippen LogP contribution < -0.4 is 10.1 Å². The molecule has 0 radical (unpaired) electrons. The summed E-state index contributed by atoms with van der Waals surface area (Å²) < 4.78 is 19.2. The van der Waals surface area contributed by atoms with Gasteiger partial charge in [-0.25, -0.2) is 4.39 Å². The molecule has 0 saturated carbocycles. The van der Waals surface area contributed by atoms with Crippen molar-refractivity contribution in [3.8, 4) is 5.75 Å². The Hall–Kier alpha value is -1.13. The largest absolute Gasteiger partial charge is 0.494 e. The maximum atomic E-state index is 14.1. The lowest BCUT2D eigenvalue weighted by Crippen LogP contribution is -2.37. The summed E-state index contributed by atoms with van der Waals surface area (Å²) in [5.41, 5.74) is 0.733. The summed E-state index contributed by atoms with van der Waals surface area (Å²) in [5, 5.41) is 3.50. The summed E-state index contributed by atoms with van der Waals surface area (Å²) in [6.07, 6.45) is 3.58. The van der Waals surface area contributed by atoms with Gasteiger partial charge in [0.1, 0.15) is 0 Å². The highest BCUT2D eigenvalue weighted by Gasteiger charge is 2.20. The van der Waals surface area contributed by atoms with Crippen LogP contribution in [0.3, 0.4) is 0 Å². The minimum Gasteiger partial charge on any atom is -0.494 e. The first-order valence-corrected chi connectivity index (χ1v) is 7.99. The minimum atomic E-state index is -0.216. The van der Waals surface area contributed by atoms with Crippen molar-refractivity contribution < 1.29 is 9.13 Å². The zero-order valence-corrected chi connectivity index (χ0v) is 13.2. The Morgan fingerprint density at radius 2 is 2.10 bits per heavy atom. The van der Waals surface area contributed by atoms with Gasteiger partial charge in [-0.1, -0.05) is 19.1 Å². The maximum Gasteiger partial charge on any atom is 0.169 e. The second-order valence-corrected chi connectivity index (χ2v) is 5.86. The van der Waals surface area contributed by atoms with Crippen LogP contribution in [0.1, 0.15) is 31.7 Å². The van der Waals surface area contributed by atoms with E-state index in [1.165, 1.54) is 26.4 Å². The molecule has 0 aromatic heterocycles. The van der Waals surface area contributed by atoms with Gasteiger partial charge >= 0.3 is 0 Å². The highest BCUT2D eigenvalue weighted by atomic mass is 19.1. The first-order chi connectivity index (χ1) is 10.2. The fraction of sp³-hybridized carbons (Fsp3) is 0.647. The van der Waals surface area contributed by atoms with E-state index in [1.807, 2.05) is 12.1 Å². The van der Waals surface area contributed by atoms with Gasteiger partial charge in [-0.05, 0) is 57.4 Å². The van der Waals surface area contributed by atoms with Crippen molar-refractivity contribution in [1.29, 1.82) is 0 Å². The predicted molar refractivity (Wildman–Crippen MR) is 84.1 cm³/mol. The highest BCUT2D eigenvalue weighted by Crippen LogP contribution is 2.23. The van der Waals surface area contributed by atoms with Crippen LogP contribution >= 0.6 is 0 Å². The minimum absolute atomic E-state index is 0.216. The fourth-order valence-electron chi connectivity index (χ4n) is 2.91. The van der Waals surface area contributed by atoms with E-state index in [-0.39, 0.29) is 5.82 Å². The second-order valence-electron chi connectivity index (χ2n) is 5.86. The highest BCUT2D eigenvalue weighted by molar-refractivity contribution is 5.31. The molecule has 118 valence electrons. The normalized spacial score (nSPS) is 17.1. The number of ether oxygens (including phenoxy) is 1. The number of halogens is 1. The monoisotopic (exact) mass is 294 g/mol. The molecule has 0 amide bonds. The van der Waals surface area contributed by atoms with E-state index in [4.69, 9.17) is 4.74 Å². The molecule has 1 saturated heterocycles. The molecular formula is C17H27FN2O. The summed E-state index contributed by atoms with van der Waals surface area (Å²) in [4.78, 5) is 2.34. The Kier molecular flexibility index (Phi) is 6.46. The Morgan fingerprint density at radius 3 is 2.76 bits per heavy atom. The van der Waals surface area contributed by atoms with E-state index in [0.717, 1.165) is 37.7 Å². The molecule has 4 heteroatoms. The zero-order valence-electron chi connectivity index (χ0n) is 13.2. The Balaban J connectivity index is 1.81. The number of rotatable bonds is 7. The number of hydrogen-bond acceptors (Lipinski definition) is 3. The molecule has 1 heterocycles. The van der Waals surface area contributed by atoms with Crippen molar-refractivity contribution in [3.05, 3.63) is 29.6 Å². The van der Waals surface area contributed by atoms with E-state index < -0.39 is 0 Å². The van der Waals surface area contributed by atoms with Gasteiger partial charge in [0.15, 0.2) is 11.6 Å². The third-order valence-corrected chi connectivity index (χ3v) is 4.22. The van der Waals surface area contributed by atoms with Gasteiger partial charge in [-0.2, -0.15) is 0 Å². The third-order valence-electron chi connectivity index (χ3n) is 4.22. The van der Waals surface area contributed by atoms with E-state index in [9.17, 15) is 4.39 Å². The number of likely N-dealkylation sites (tertiary alicyclic amines) is 1. The number of methoxy groups -OCH3 is 1. The van der Waals surface area contributed by atoms with Crippen LogP contribution in [0, 0.1) is 11.7 Å². The smallest absolute Gasteiger partial charge is 0.169 e. The fourth-order valence-corrected chi connectivity index (χ4v) is 2.91. The van der Waals surface area contributed by atoms with Gasteiger partial charge in [0, 0.05) is 12.1 Å². The number of piperidine rings is 1. The maximum absolute atomic E-state index is 14.1. The number of nitrogens with zero attached hydrogens (tertiary/aromatic N) is 1. The molecule has 21 heavy (non-hydrogen) atoms. The average molecular weight is 294 g/mol. The van der Waals surface area contributed by atoms with Crippen molar-refractivity contribution in [2.75, 3.05) is 33.3 Å². The SMILES string of the molecule is CCCNCC1CCN(Cc2cccc(OC)c2F)CC1. The first kappa shape index (κ1) is 16.2. The molecule has 1 aromatic rings. The van der Waals surface area contributed by atoms with E-state index in [1.54, 1.807) is 6.07 Å². The summed E-state index contributed by atoms with van der Waals surface area (Å²) in [7, 11) is 1.51. The van der Waals surface area contributed by atoms with Crippen molar-refractivity contribution in [2.24, 2.45) is 5.92 Å². The molecule has 1 aliphatic heterocycles. The topological polar surface area (TPSA) is 24.5 Å². The molecule has 3 nitrogen and oxygen atoms in total. The summed E-state index contributed by atoms with van der Waals surface area (Å²) in [6, 6.07) is 5.38. The second kappa shape index (κ2) is 8.35. The van der Waals surface area contributed by atoms with Crippen LogP contribution in [0.4, 0.5) is 4.39 Å². The van der Waals surface area contributed by atoms with E-state index >= 15 is 0 Å². The zero-order chi connectivity index (χ0) is 15.1. The number of hydrogen-bond donors (Lipinski definition) is 1. The Morgan fingerprint density at radius 1 is 1.33 bits per heavy atom. The van der Waals surface area contributed by atoms with Crippen LogP contribution in [-0.4, -0.2) is 38.2 Å². The van der Waals surface area contributed by atoms with Gasteiger partial charge < -0.3 is 10.1 Å². The molecule has 0 aliphatic carbocycles. The van der Waals surface area contributed by atoms with Crippen LogP contribution in [-0.2, 0) is 6.54 Å². The number of benzene rings is 1. The molecule has 0 spiro atoms. The van der Waals surface area contributed by atoms with Crippen molar-refractivity contribution in [1.82, 2.24) is 10.2 Å². The summed E-state index contributed by atoms with van der Waals surface area (Å²) >= 11 is 0. The predicted octanol–water partition coefficient (Wildman–Crippen LogP) is 3.05. The number of nitrogens with one attached hydrogen (secondary N) is 1. The van der Waals surface area contributed by atoms with E-state index in [0.29, 0.717) is 12.3 Å². The Bertz CT molecular complexity index is 431. The van der Waals surface area contributed by atoms with Gasteiger partial charge in [0.2, 0.25) is 0 Å². The molecule has 1 fully saturated rings. The quantitative estimate of drug-likeness (QED) is 0.782. The van der Waals surface area contributed by atoms with Gasteiger partial charge in [-0.3, -0.25) is 4.90 Å². The van der Waals surface area contributed by atoms with Gasteiger partial charge in [-0.15, -0.1) is 0 Å². The summed E-state index contributed by atoms with van der Waals surface area (Å²) in [5.74, 6) is 0.890. The van der Waals surface area contributed by atoms with Crippen LogP contribution in [0.2, 0.25) is 0 Å². The molecule has 1 N–H and O–H groups in total. The standard InChI is InChI=1S/C17H27FN2O/c1-3-9-19-12-14-7-10-20(11-8-14)13-15-5-4-6-16(21-2)17(15)18/h4-6,14,19H,3,7-13H2,1-2H3. The Labute approximate surface area is 127 Å². The molecule has 0 atom stereocenters. The molecular weight excluding hydrogens is 267 g/mol. The van der Waals surface area contributed by atoms with Crippen LogP contribution in [0.5, 0.6) is 5.75 Å². The van der Waals surface area contributed by atoms with Crippen molar-refractivity contribution in [2.45, 2.75) is 32.7 Å². The first-order valence-electron chi connectivity index (χ1n) is 7.99. The van der Waals surface area contributed by atoms with Crippen LogP contribution in [0.25, 0.3) is 0 Å². The van der Waals surface area contributed by atoms with Crippen molar-refractivity contribution in [3.63, 3.8) is 0 Å².